The first-order valence-electron chi connectivity index (χ1n) is 4.02. The van der Waals surface area contributed by atoms with Crippen molar-refractivity contribution in [3.8, 4) is 0 Å². The molecule has 0 spiro atoms. The molecule has 2 heteroatoms. The van der Waals surface area contributed by atoms with E-state index in [0.717, 1.165) is 6.42 Å². The van der Waals surface area contributed by atoms with Crippen LogP contribution in [0, 0.1) is 0 Å². The van der Waals surface area contributed by atoms with Gasteiger partial charge in [-0.3, -0.25) is 0 Å². The molecule has 0 radical (unpaired) electrons. The third-order valence-corrected chi connectivity index (χ3v) is 1.29. The fourth-order valence-corrected chi connectivity index (χ4v) is 0.563. The van der Waals surface area contributed by atoms with Gasteiger partial charge in [-0.25, -0.2) is 0 Å². The van der Waals surface area contributed by atoms with Crippen LogP contribution in [0.2, 0.25) is 0 Å². The first-order chi connectivity index (χ1) is 5.13. The second-order valence-electron chi connectivity index (χ2n) is 2.99. The van der Waals surface area contributed by atoms with Crippen LogP contribution in [0.25, 0.3) is 0 Å². The third kappa shape index (κ3) is 9.66. The summed E-state index contributed by atoms with van der Waals surface area (Å²) in [4.78, 5) is 0. The molecule has 0 saturated carbocycles. The lowest BCUT2D eigenvalue weighted by Gasteiger charge is -2.03. The molecule has 0 aromatic rings. The molecule has 0 aromatic carbocycles. The van der Waals surface area contributed by atoms with Crippen LogP contribution in [0.4, 0.5) is 0 Å². The van der Waals surface area contributed by atoms with Crippen LogP contribution in [0.5, 0.6) is 0 Å². The van der Waals surface area contributed by atoms with Crippen molar-refractivity contribution < 1.29 is 9.84 Å². The standard InChI is InChI=1S/C9H18O2/c1-8(2)4-6-11-7-5-9(3)10/h4,9-10H,5-7H2,1-3H3/t9-/m1/s1. The van der Waals surface area contributed by atoms with Crippen molar-refractivity contribution in [1.29, 1.82) is 0 Å². The summed E-state index contributed by atoms with van der Waals surface area (Å²) in [7, 11) is 0. The maximum atomic E-state index is 8.87. The Morgan fingerprint density at radius 1 is 1.55 bits per heavy atom. The highest BCUT2D eigenvalue weighted by Gasteiger charge is 1.93. The molecular weight excluding hydrogens is 140 g/mol. The fraction of sp³-hybridized carbons (Fsp3) is 0.778. The van der Waals surface area contributed by atoms with Gasteiger partial charge in [0.1, 0.15) is 0 Å². The van der Waals surface area contributed by atoms with Crippen molar-refractivity contribution in [3.63, 3.8) is 0 Å². The number of allylic oxidation sites excluding steroid dienone is 1. The van der Waals surface area contributed by atoms with E-state index in [-0.39, 0.29) is 6.10 Å². The Labute approximate surface area is 68.9 Å². The van der Waals surface area contributed by atoms with Gasteiger partial charge in [0.15, 0.2) is 0 Å². The molecular formula is C9H18O2. The number of rotatable bonds is 5. The number of ether oxygens (including phenoxy) is 1. The Kier molecular flexibility index (Phi) is 6.18. The number of hydrogen-bond acceptors (Lipinski definition) is 2. The molecule has 66 valence electrons. The normalized spacial score (nSPS) is 12.7. The van der Waals surface area contributed by atoms with Crippen molar-refractivity contribution in [3.05, 3.63) is 11.6 Å². The summed E-state index contributed by atoms with van der Waals surface area (Å²) in [6.45, 7) is 7.15. The van der Waals surface area contributed by atoms with Crippen LogP contribution >= 0.6 is 0 Å². The van der Waals surface area contributed by atoms with Gasteiger partial charge in [0.05, 0.1) is 12.7 Å². The number of hydrogen-bond donors (Lipinski definition) is 1. The zero-order valence-corrected chi connectivity index (χ0v) is 7.63. The highest BCUT2D eigenvalue weighted by atomic mass is 16.5. The van der Waals surface area contributed by atoms with E-state index < -0.39 is 0 Å². The Hall–Kier alpha value is -0.340. The highest BCUT2D eigenvalue weighted by molar-refractivity contribution is 4.92. The molecule has 1 atom stereocenters. The lowest BCUT2D eigenvalue weighted by atomic mass is 10.3. The predicted molar refractivity (Wildman–Crippen MR) is 46.5 cm³/mol. The van der Waals surface area contributed by atoms with E-state index in [4.69, 9.17) is 9.84 Å². The average molecular weight is 158 g/mol. The van der Waals surface area contributed by atoms with E-state index in [0.29, 0.717) is 13.2 Å². The summed E-state index contributed by atoms with van der Waals surface area (Å²) in [6, 6.07) is 0. The lowest BCUT2D eigenvalue weighted by molar-refractivity contribution is 0.104. The van der Waals surface area contributed by atoms with Crippen LogP contribution in [-0.2, 0) is 4.74 Å². The lowest BCUT2D eigenvalue weighted by Crippen LogP contribution is -2.05. The monoisotopic (exact) mass is 158 g/mol. The quantitative estimate of drug-likeness (QED) is 0.488. The average Bonchev–Trinajstić information content (AvgIpc) is 1.85. The van der Waals surface area contributed by atoms with Gasteiger partial charge in [0.25, 0.3) is 0 Å². The summed E-state index contributed by atoms with van der Waals surface area (Å²) in [5, 5.41) is 8.87. The van der Waals surface area contributed by atoms with Gasteiger partial charge in [0, 0.05) is 6.61 Å². The molecule has 0 fully saturated rings. The maximum absolute atomic E-state index is 8.87. The highest BCUT2D eigenvalue weighted by Crippen LogP contribution is 1.92. The van der Waals surface area contributed by atoms with Gasteiger partial charge in [-0.15, -0.1) is 0 Å². The molecule has 0 amide bonds. The summed E-state index contributed by atoms with van der Waals surface area (Å²) >= 11 is 0. The first-order valence-corrected chi connectivity index (χ1v) is 4.02. The van der Waals surface area contributed by atoms with Gasteiger partial charge in [-0.1, -0.05) is 11.6 Å². The Balaban J connectivity index is 3.09. The van der Waals surface area contributed by atoms with Crippen LogP contribution < -0.4 is 0 Å². The van der Waals surface area contributed by atoms with Crippen LogP contribution in [0.15, 0.2) is 11.6 Å². The summed E-state index contributed by atoms with van der Waals surface area (Å²) < 4.78 is 5.22. The van der Waals surface area contributed by atoms with E-state index >= 15 is 0 Å². The topological polar surface area (TPSA) is 29.5 Å². The number of aliphatic hydroxyl groups is 1. The van der Waals surface area contributed by atoms with E-state index in [1.807, 2.05) is 19.9 Å². The maximum Gasteiger partial charge on any atom is 0.0649 e. The molecule has 0 aliphatic carbocycles. The van der Waals surface area contributed by atoms with Crippen molar-refractivity contribution in [1.82, 2.24) is 0 Å². The van der Waals surface area contributed by atoms with Crippen LogP contribution in [-0.4, -0.2) is 24.4 Å². The van der Waals surface area contributed by atoms with Crippen molar-refractivity contribution >= 4 is 0 Å². The number of aliphatic hydroxyl groups excluding tert-OH is 1. The minimum atomic E-state index is -0.248. The van der Waals surface area contributed by atoms with Crippen LogP contribution in [0.1, 0.15) is 27.2 Å². The third-order valence-electron chi connectivity index (χ3n) is 1.29. The Morgan fingerprint density at radius 3 is 2.64 bits per heavy atom. The van der Waals surface area contributed by atoms with Gasteiger partial charge in [-0.05, 0) is 27.2 Å². The molecule has 2 nitrogen and oxygen atoms in total. The first kappa shape index (κ1) is 10.7. The Bertz CT molecular complexity index is 113. The fourth-order valence-electron chi connectivity index (χ4n) is 0.563. The second kappa shape index (κ2) is 6.38. The summed E-state index contributed by atoms with van der Waals surface area (Å²) in [6.07, 6.45) is 2.50. The van der Waals surface area contributed by atoms with Gasteiger partial charge >= 0.3 is 0 Å². The van der Waals surface area contributed by atoms with Gasteiger partial charge < -0.3 is 9.84 Å². The van der Waals surface area contributed by atoms with Crippen molar-refractivity contribution in [2.75, 3.05) is 13.2 Å². The molecule has 0 bridgehead atoms. The molecule has 11 heavy (non-hydrogen) atoms. The van der Waals surface area contributed by atoms with Crippen molar-refractivity contribution in [2.24, 2.45) is 0 Å². The molecule has 0 aromatic heterocycles. The smallest absolute Gasteiger partial charge is 0.0649 e. The molecule has 0 unspecified atom stereocenters. The Morgan fingerprint density at radius 2 is 2.18 bits per heavy atom. The molecule has 0 aliphatic rings. The van der Waals surface area contributed by atoms with Crippen molar-refractivity contribution in [2.45, 2.75) is 33.3 Å². The van der Waals surface area contributed by atoms with E-state index in [9.17, 15) is 0 Å². The molecule has 0 aliphatic heterocycles. The summed E-state index contributed by atoms with van der Waals surface area (Å²) in [5.41, 5.74) is 1.27. The van der Waals surface area contributed by atoms with Gasteiger partial charge in [-0.2, -0.15) is 0 Å². The SMILES string of the molecule is CC(C)=CCOCC[C@@H](C)O. The molecule has 0 saturated heterocycles. The van der Waals surface area contributed by atoms with Crippen LogP contribution in [0.3, 0.4) is 0 Å². The van der Waals surface area contributed by atoms with E-state index in [1.54, 1.807) is 6.92 Å². The largest absolute Gasteiger partial charge is 0.393 e. The van der Waals surface area contributed by atoms with Gasteiger partial charge in [0.2, 0.25) is 0 Å². The summed E-state index contributed by atoms with van der Waals surface area (Å²) in [5.74, 6) is 0. The minimum Gasteiger partial charge on any atom is -0.393 e. The minimum absolute atomic E-state index is 0.248. The molecule has 0 rings (SSSR count). The predicted octanol–water partition coefficient (Wildman–Crippen LogP) is 1.74. The second-order valence-corrected chi connectivity index (χ2v) is 2.99. The van der Waals surface area contributed by atoms with E-state index in [2.05, 4.69) is 0 Å². The molecule has 1 N–H and O–H groups in total. The van der Waals surface area contributed by atoms with E-state index in [1.165, 1.54) is 5.57 Å². The zero-order chi connectivity index (χ0) is 8.69. The zero-order valence-electron chi connectivity index (χ0n) is 7.63. The molecule has 0 heterocycles.